The van der Waals surface area contributed by atoms with E-state index in [2.05, 4.69) is 5.32 Å². The van der Waals surface area contributed by atoms with E-state index >= 15 is 0 Å². The molecule has 2 amide bonds. The van der Waals surface area contributed by atoms with Crippen LogP contribution < -0.4 is 5.32 Å². The van der Waals surface area contributed by atoms with Gasteiger partial charge in [-0.25, -0.2) is 0 Å². The van der Waals surface area contributed by atoms with Crippen LogP contribution >= 0.6 is 0 Å². The Labute approximate surface area is 127 Å². The molecule has 8 heteroatoms. The monoisotopic (exact) mass is 309 g/mol. The lowest BCUT2D eigenvalue weighted by Crippen LogP contribution is -2.46. The molecule has 1 aromatic rings. The Morgan fingerprint density at radius 3 is 2.41 bits per heavy atom. The number of phenolic OH excluding ortho intramolecular Hbond substituents is 1. The Kier molecular flexibility index (Phi) is 5.08. The number of nitrogens with one attached hydrogen (secondary N) is 1. The van der Waals surface area contributed by atoms with Crippen molar-refractivity contribution in [1.29, 1.82) is 0 Å². The average Bonchev–Trinajstić information content (AvgIpc) is 2.34. The molecule has 0 spiro atoms. The number of phenols is 1. The summed E-state index contributed by atoms with van der Waals surface area (Å²) in [6.45, 7) is 5.30. The van der Waals surface area contributed by atoms with Crippen LogP contribution in [0.4, 0.5) is 5.69 Å². The molecule has 22 heavy (non-hydrogen) atoms. The van der Waals surface area contributed by atoms with Crippen molar-refractivity contribution in [2.24, 2.45) is 0 Å². The molecular weight excluding hydrogens is 290 g/mol. The third-order valence-corrected chi connectivity index (χ3v) is 2.66. The minimum Gasteiger partial charge on any atom is -0.502 e. The van der Waals surface area contributed by atoms with Crippen LogP contribution in [-0.2, 0) is 4.79 Å². The lowest BCUT2D eigenvalue weighted by molar-refractivity contribution is -0.385. The predicted molar refractivity (Wildman–Crippen MR) is 79.6 cm³/mol. The number of aromatic hydroxyl groups is 1. The summed E-state index contributed by atoms with van der Waals surface area (Å²) >= 11 is 0. The molecule has 0 aromatic heterocycles. The number of carbonyl (C=O) groups excluding carboxylic acids is 2. The molecule has 8 nitrogen and oxygen atoms in total. The van der Waals surface area contributed by atoms with E-state index < -0.39 is 27.8 Å². The van der Waals surface area contributed by atoms with Crippen LogP contribution in [0.3, 0.4) is 0 Å². The third kappa shape index (κ3) is 4.72. The van der Waals surface area contributed by atoms with Gasteiger partial charge in [0.25, 0.3) is 5.91 Å². The van der Waals surface area contributed by atoms with Gasteiger partial charge in [-0.15, -0.1) is 0 Å². The second kappa shape index (κ2) is 6.42. The number of likely N-dealkylation sites (N-methyl/N-ethyl adjacent to an activating group) is 1. The van der Waals surface area contributed by atoms with Crippen LogP contribution in [-0.4, -0.2) is 45.9 Å². The molecule has 0 bridgehead atoms. The van der Waals surface area contributed by atoms with Crippen LogP contribution in [0.25, 0.3) is 0 Å². The zero-order chi connectivity index (χ0) is 17.1. The summed E-state index contributed by atoms with van der Waals surface area (Å²) in [5.41, 5.74) is -0.828. The van der Waals surface area contributed by atoms with Crippen molar-refractivity contribution in [2.75, 3.05) is 13.6 Å². The minimum atomic E-state index is -0.746. The van der Waals surface area contributed by atoms with E-state index in [1.165, 1.54) is 18.0 Å². The van der Waals surface area contributed by atoms with E-state index in [1.807, 2.05) is 20.8 Å². The van der Waals surface area contributed by atoms with Crippen molar-refractivity contribution in [3.05, 3.63) is 33.9 Å². The van der Waals surface area contributed by atoms with Crippen LogP contribution in [0.2, 0.25) is 0 Å². The zero-order valence-corrected chi connectivity index (χ0v) is 12.9. The Hall–Kier alpha value is -2.64. The lowest BCUT2D eigenvalue weighted by atomic mass is 10.1. The van der Waals surface area contributed by atoms with E-state index in [9.17, 15) is 24.8 Å². The SMILES string of the molecule is CN(CC(=O)NC(C)(C)C)C(=O)c1ccc([N+](=O)[O-])c(O)c1. The molecule has 0 radical (unpaired) electrons. The van der Waals surface area contributed by atoms with Gasteiger partial charge in [0, 0.05) is 24.2 Å². The van der Waals surface area contributed by atoms with Crippen LogP contribution in [0.15, 0.2) is 18.2 Å². The second-order valence-electron chi connectivity index (χ2n) is 5.92. The molecule has 120 valence electrons. The van der Waals surface area contributed by atoms with Crippen molar-refractivity contribution in [3.63, 3.8) is 0 Å². The molecule has 0 saturated carbocycles. The first kappa shape index (κ1) is 17.4. The largest absolute Gasteiger partial charge is 0.502 e. The van der Waals surface area contributed by atoms with Gasteiger partial charge >= 0.3 is 5.69 Å². The smallest absolute Gasteiger partial charge is 0.310 e. The van der Waals surface area contributed by atoms with Gasteiger partial charge in [0.15, 0.2) is 5.75 Å². The standard InChI is InChI=1S/C14H19N3O5/c1-14(2,3)15-12(19)8-16(4)13(20)9-5-6-10(17(21)22)11(18)7-9/h5-7,18H,8H2,1-4H3,(H,15,19). The van der Waals surface area contributed by atoms with E-state index in [0.717, 1.165) is 12.1 Å². The van der Waals surface area contributed by atoms with Crippen LogP contribution in [0.1, 0.15) is 31.1 Å². The van der Waals surface area contributed by atoms with Gasteiger partial charge in [-0.1, -0.05) is 0 Å². The molecule has 1 rings (SSSR count). The van der Waals surface area contributed by atoms with Gasteiger partial charge in [-0.2, -0.15) is 0 Å². The number of benzene rings is 1. The zero-order valence-electron chi connectivity index (χ0n) is 12.9. The highest BCUT2D eigenvalue weighted by Crippen LogP contribution is 2.26. The summed E-state index contributed by atoms with van der Waals surface area (Å²) in [6.07, 6.45) is 0. The summed E-state index contributed by atoms with van der Waals surface area (Å²) in [7, 11) is 1.43. The maximum absolute atomic E-state index is 12.1. The highest BCUT2D eigenvalue weighted by Gasteiger charge is 2.21. The summed E-state index contributed by atoms with van der Waals surface area (Å²) in [5.74, 6) is -1.44. The summed E-state index contributed by atoms with van der Waals surface area (Å²) in [4.78, 5) is 35.0. The van der Waals surface area contributed by atoms with Gasteiger partial charge in [0.2, 0.25) is 5.91 Å². The maximum atomic E-state index is 12.1. The normalized spacial score (nSPS) is 10.9. The number of amides is 2. The van der Waals surface area contributed by atoms with E-state index in [0.29, 0.717) is 0 Å². The number of hydrogen-bond acceptors (Lipinski definition) is 5. The van der Waals surface area contributed by atoms with Gasteiger partial charge in [0.1, 0.15) is 0 Å². The van der Waals surface area contributed by atoms with Crippen molar-refractivity contribution in [2.45, 2.75) is 26.3 Å². The molecule has 0 aliphatic heterocycles. The highest BCUT2D eigenvalue weighted by molar-refractivity contribution is 5.97. The predicted octanol–water partition coefficient (Wildman–Crippen LogP) is 1.29. The lowest BCUT2D eigenvalue weighted by Gasteiger charge is -2.23. The first-order valence-electron chi connectivity index (χ1n) is 6.55. The van der Waals surface area contributed by atoms with E-state index in [1.54, 1.807) is 0 Å². The highest BCUT2D eigenvalue weighted by atomic mass is 16.6. The number of nitro groups is 1. The molecule has 0 saturated heterocycles. The fraction of sp³-hybridized carbons (Fsp3) is 0.429. The van der Waals surface area contributed by atoms with Gasteiger partial charge < -0.3 is 15.3 Å². The first-order valence-corrected chi connectivity index (χ1v) is 6.55. The summed E-state index contributed by atoms with van der Waals surface area (Å²) in [6, 6.07) is 3.29. The number of nitrogens with zero attached hydrogens (tertiary/aromatic N) is 2. The quantitative estimate of drug-likeness (QED) is 0.642. The van der Waals surface area contributed by atoms with Crippen molar-refractivity contribution in [1.82, 2.24) is 10.2 Å². The van der Waals surface area contributed by atoms with Gasteiger partial charge in [0.05, 0.1) is 11.5 Å². The molecule has 0 aliphatic rings. The topological polar surface area (TPSA) is 113 Å². The Morgan fingerprint density at radius 1 is 1.36 bits per heavy atom. The molecule has 0 atom stereocenters. The molecule has 0 fully saturated rings. The number of rotatable bonds is 4. The molecular formula is C14H19N3O5. The number of hydrogen-bond donors (Lipinski definition) is 2. The number of nitro benzene ring substituents is 1. The minimum absolute atomic E-state index is 0.0640. The van der Waals surface area contributed by atoms with Crippen molar-refractivity contribution >= 4 is 17.5 Å². The van der Waals surface area contributed by atoms with Crippen LogP contribution in [0, 0.1) is 10.1 Å². The van der Waals surface area contributed by atoms with Gasteiger partial charge in [-0.3, -0.25) is 19.7 Å². The van der Waals surface area contributed by atoms with Crippen molar-refractivity contribution < 1.29 is 19.6 Å². The summed E-state index contributed by atoms with van der Waals surface area (Å²) < 4.78 is 0. The summed E-state index contributed by atoms with van der Waals surface area (Å²) in [5, 5.41) is 22.9. The Morgan fingerprint density at radius 2 is 1.95 bits per heavy atom. The average molecular weight is 309 g/mol. The first-order chi connectivity index (χ1) is 10.0. The molecule has 0 aliphatic carbocycles. The fourth-order valence-corrected chi connectivity index (χ4v) is 1.78. The molecule has 0 unspecified atom stereocenters. The molecule has 1 aromatic carbocycles. The number of carbonyl (C=O) groups is 2. The maximum Gasteiger partial charge on any atom is 0.310 e. The Balaban J connectivity index is 2.81. The molecule has 2 N–H and O–H groups in total. The van der Waals surface area contributed by atoms with Crippen molar-refractivity contribution in [3.8, 4) is 5.75 Å². The second-order valence-corrected chi connectivity index (χ2v) is 5.92. The third-order valence-electron chi connectivity index (χ3n) is 2.66. The van der Waals surface area contributed by atoms with E-state index in [-0.39, 0.29) is 18.0 Å². The van der Waals surface area contributed by atoms with E-state index in [4.69, 9.17) is 0 Å². The Bertz CT molecular complexity index is 607. The van der Waals surface area contributed by atoms with Gasteiger partial charge in [-0.05, 0) is 32.9 Å². The molecule has 0 heterocycles. The van der Waals surface area contributed by atoms with Crippen LogP contribution in [0.5, 0.6) is 5.75 Å². The fourth-order valence-electron chi connectivity index (χ4n) is 1.78.